The lowest BCUT2D eigenvalue weighted by molar-refractivity contribution is -0.384. The van der Waals surface area contributed by atoms with Crippen molar-refractivity contribution >= 4 is 23.5 Å². The number of carboxylic acid groups (broad SMARTS) is 1. The number of carboxylic acids is 1. The number of aliphatic carboxylic acids is 1. The van der Waals surface area contributed by atoms with E-state index in [1.54, 1.807) is 0 Å². The van der Waals surface area contributed by atoms with Crippen LogP contribution in [0.25, 0.3) is 0 Å². The number of amides is 2. The van der Waals surface area contributed by atoms with Crippen molar-refractivity contribution in [2.75, 3.05) is 0 Å². The highest BCUT2D eigenvalue weighted by Gasteiger charge is 2.60. The van der Waals surface area contributed by atoms with Crippen molar-refractivity contribution in [1.82, 2.24) is 4.90 Å². The summed E-state index contributed by atoms with van der Waals surface area (Å²) in [5, 5.41) is 20.1. The van der Waals surface area contributed by atoms with Crippen molar-refractivity contribution < 1.29 is 24.4 Å². The first-order chi connectivity index (χ1) is 12.4. The van der Waals surface area contributed by atoms with Crippen LogP contribution in [0.15, 0.2) is 36.4 Å². The number of likely N-dealkylation sites (tertiary alicyclic amines) is 1. The van der Waals surface area contributed by atoms with Crippen LogP contribution < -0.4 is 0 Å². The lowest BCUT2D eigenvalue weighted by Gasteiger charge is -2.27. The number of nitro groups is 1. The molecule has 8 nitrogen and oxygen atoms in total. The third kappa shape index (κ3) is 2.33. The highest BCUT2D eigenvalue weighted by atomic mass is 16.6. The van der Waals surface area contributed by atoms with Crippen LogP contribution >= 0.6 is 0 Å². The Kier molecular flexibility index (Phi) is 3.64. The van der Waals surface area contributed by atoms with E-state index in [1.807, 2.05) is 12.2 Å². The number of allylic oxidation sites excluding steroid dienone is 2. The van der Waals surface area contributed by atoms with Gasteiger partial charge in [-0.2, -0.15) is 0 Å². The molecule has 1 saturated heterocycles. The molecule has 4 rings (SSSR count). The smallest absolute Gasteiger partial charge is 0.305 e. The molecule has 1 heterocycles. The number of nitro benzene ring substituents is 1. The van der Waals surface area contributed by atoms with Crippen molar-refractivity contribution in [2.45, 2.75) is 18.9 Å². The fourth-order valence-electron chi connectivity index (χ4n) is 4.57. The number of carbonyl (C=O) groups is 3. The van der Waals surface area contributed by atoms with Gasteiger partial charge in [0, 0.05) is 12.1 Å². The van der Waals surface area contributed by atoms with Gasteiger partial charge in [0.05, 0.1) is 29.2 Å². The minimum Gasteiger partial charge on any atom is -0.481 e. The number of hydrogen-bond donors (Lipinski definition) is 1. The first-order valence-electron chi connectivity index (χ1n) is 8.40. The van der Waals surface area contributed by atoms with Crippen molar-refractivity contribution in [3.05, 3.63) is 52.1 Å². The molecule has 5 unspecified atom stereocenters. The van der Waals surface area contributed by atoms with Gasteiger partial charge in [-0.15, -0.1) is 0 Å². The molecule has 0 radical (unpaired) electrons. The molecule has 3 aliphatic rings. The summed E-state index contributed by atoms with van der Waals surface area (Å²) in [6.07, 6.45) is 4.30. The molecule has 2 amide bonds. The lowest BCUT2D eigenvalue weighted by Crippen LogP contribution is -2.37. The predicted molar refractivity (Wildman–Crippen MR) is 87.7 cm³/mol. The zero-order valence-corrected chi connectivity index (χ0v) is 13.6. The fraction of sp³-hybridized carbons (Fsp3) is 0.389. The Bertz CT molecular complexity index is 816. The van der Waals surface area contributed by atoms with E-state index in [2.05, 4.69) is 0 Å². The van der Waals surface area contributed by atoms with E-state index in [-0.39, 0.29) is 29.3 Å². The van der Waals surface area contributed by atoms with Crippen LogP contribution in [0.2, 0.25) is 0 Å². The Hall–Kier alpha value is -3.03. The number of non-ortho nitro benzene ring substituents is 1. The highest BCUT2D eigenvalue weighted by molar-refractivity contribution is 6.07. The highest BCUT2D eigenvalue weighted by Crippen LogP contribution is 2.54. The molecule has 2 fully saturated rings. The third-order valence-electron chi connectivity index (χ3n) is 5.67. The van der Waals surface area contributed by atoms with Gasteiger partial charge in [-0.25, -0.2) is 0 Å². The van der Waals surface area contributed by atoms with Crippen LogP contribution in [0.4, 0.5) is 5.69 Å². The number of rotatable bonds is 5. The zero-order chi connectivity index (χ0) is 18.6. The van der Waals surface area contributed by atoms with Gasteiger partial charge in [-0.1, -0.05) is 24.3 Å². The summed E-state index contributed by atoms with van der Waals surface area (Å²) in [5.41, 5.74) is 0.265. The second-order valence-electron chi connectivity index (χ2n) is 7.01. The summed E-state index contributed by atoms with van der Waals surface area (Å²) in [4.78, 5) is 48.5. The third-order valence-corrected chi connectivity index (χ3v) is 5.67. The Balaban J connectivity index is 1.69. The number of fused-ring (bicyclic) bond motifs is 5. The summed E-state index contributed by atoms with van der Waals surface area (Å²) in [7, 11) is 0. The van der Waals surface area contributed by atoms with Gasteiger partial charge in [-0.3, -0.25) is 29.4 Å². The molecular weight excluding hydrogens is 340 g/mol. The lowest BCUT2D eigenvalue weighted by atomic mass is 9.85. The van der Waals surface area contributed by atoms with E-state index >= 15 is 0 Å². The molecule has 26 heavy (non-hydrogen) atoms. The van der Waals surface area contributed by atoms with Crippen molar-refractivity contribution in [1.29, 1.82) is 0 Å². The van der Waals surface area contributed by atoms with Gasteiger partial charge in [0.15, 0.2) is 0 Å². The standard InChI is InChI=1S/C18H16N2O6/c21-14(22)8-13(9-3-5-12(6-4-9)20(25)26)19-17(23)15-10-1-2-11(7-10)16(15)18(19)24/h1-6,10-11,13,15-16H,7-8H2,(H,21,22). The molecule has 1 aromatic rings. The first-order valence-corrected chi connectivity index (χ1v) is 8.40. The topological polar surface area (TPSA) is 118 Å². The van der Waals surface area contributed by atoms with E-state index in [4.69, 9.17) is 0 Å². The number of carbonyl (C=O) groups excluding carboxylic acids is 2. The maximum Gasteiger partial charge on any atom is 0.305 e. The van der Waals surface area contributed by atoms with E-state index in [0.717, 1.165) is 11.3 Å². The van der Waals surface area contributed by atoms with Crippen molar-refractivity contribution in [3.63, 3.8) is 0 Å². The van der Waals surface area contributed by atoms with Crippen molar-refractivity contribution in [2.24, 2.45) is 23.7 Å². The van der Waals surface area contributed by atoms with Gasteiger partial charge in [-0.05, 0) is 23.8 Å². The fourth-order valence-corrected chi connectivity index (χ4v) is 4.57. The van der Waals surface area contributed by atoms with E-state index in [1.165, 1.54) is 24.3 Å². The van der Waals surface area contributed by atoms with Crippen molar-refractivity contribution in [3.8, 4) is 0 Å². The molecule has 0 aromatic heterocycles. The Morgan fingerprint density at radius 2 is 1.69 bits per heavy atom. The van der Waals surface area contributed by atoms with Gasteiger partial charge in [0.25, 0.3) is 5.69 Å². The summed E-state index contributed by atoms with van der Waals surface area (Å²) in [5.74, 6) is -2.56. The molecule has 5 atom stereocenters. The van der Waals surface area contributed by atoms with E-state index < -0.39 is 35.2 Å². The maximum atomic E-state index is 12.9. The number of hydrogen-bond acceptors (Lipinski definition) is 5. The van der Waals surface area contributed by atoms with Crippen LogP contribution in [0.5, 0.6) is 0 Å². The van der Waals surface area contributed by atoms with Gasteiger partial charge < -0.3 is 5.11 Å². The molecule has 1 N–H and O–H groups in total. The van der Waals surface area contributed by atoms with Gasteiger partial charge in [0.1, 0.15) is 0 Å². The Morgan fingerprint density at radius 1 is 1.15 bits per heavy atom. The van der Waals surface area contributed by atoms with Gasteiger partial charge in [0.2, 0.25) is 11.8 Å². The predicted octanol–water partition coefficient (Wildman–Crippen LogP) is 1.92. The van der Waals surface area contributed by atoms with Crippen LogP contribution in [0, 0.1) is 33.8 Å². The van der Waals surface area contributed by atoms with Crippen LogP contribution in [0.3, 0.4) is 0 Å². The van der Waals surface area contributed by atoms with E-state index in [9.17, 15) is 29.6 Å². The van der Waals surface area contributed by atoms with Crippen LogP contribution in [0.1, 0.15) is 24.4 Å². The second kappa shape index (κ2) is 5.76. The summed E-state index contributed by atoms with van der Waals surface area (Å²) < 4.78 is 0. The molecular formula is C18H16N2O6. The van der Waals surface area contributed by atoms with Gasteiger partial charge >= 0.3 is 5.97 Å². The van der Waals surface area contributed by atoms with E-state index in [0.29, 0.717) is 5.56 Å². The maximum absolute atomic E-state index is 12.9. The minimum absolute atomic E-state index is 0.0359. The Morgan fingerprint density at radius 3 is 2.15 bits per heavy atom. The normalized spacial score (nSPS) is 29.9. The largest absolute Gasteiger partial charge is 0.481 e. The summed E-state index contributed by atoms with van der Waals surface area (Å²) >= 11 is 0. The molecule has 1 saturated carbocycles. The molecule has 1 aromatic carbocycles. The first kappa shape index (κ1) is 16.4. The quantitative estimate of drug-likeness (QED) is 0.373. The number of nitrogens with zero attached hydrogens (tertiary/aromatic N) is 2. The molecule has 0 spiro atoms. The minimum atomic E-state index is -1.15. The Labute approximate surface area is 148 Å². The molecule has 1 aliphatic heterocycles. The second-order valence-corrected chi connectivity index (χ2v) is 7.01. The molecule has 2 bridgehead atoms. The SMILES string of the molecule is O=C(O)CC(c1ccc([N+](=O)[O-])cc1)N1C(=O)C2C3C=CC(C3)C2C1=O. The average Bonchev–Trinajstić information content (AvgIpc) is 3.27. The van der Waals surface area contributed by atoms with Crippen LogP contribution in [-0.2, 0) is 14.4 Å². The zero-order valence-electron chi connectivity index (χ0n) is 13.6. The molecule has 134 valence electrons. The molecule has 8 heteroatoms. The number of imide groups is 1. The summed E-state index contributed by atoms with van der Waals surface area (Å²) in [6.45, 7) is 0. The van der Waals surface area contributed by atoms with Crippen LogP contribution in [-0.4, -0.2) is 32.7 Å². The number of benzene rings is 1. The monoisotopic (exact) mass is 356 g/mol. The average molecular weight is 356 g/mol. The summed E-state index contributed by atoms with van der Waals surface area (Å²) in [6, 6.07) is 4.36. The molecule has 2 aliphatic carbocycles.